The maximum atomic E-state index is 13.4. The number of aromatic nitrogens is 2. The molecule has 11 nitrogen and oxygen atoms in total. The molecule has 3 aliphatic rings. The summed E-state index contributed by atoms with van der Waals surface area (Å²) in [6.45, 7) is 3.56. The lowest BCUT2D eigenvalue weighted by Crippen LogP contribution is -2.48. The number of aryl methyl sites for hydroxylation is 1. The number of ether oxygens (including phenoxy) is 1. The molecule has 2 fully saturated rings. The number of carbonyl (C=O) groups is 2. The predicted octanol–water partition coefficient (Wildman–Crippen LogP) is 3.31. The van der Waals surface area contributed by atoms with Gasteiger partial charge in [-0.3, -0.25) is 19.9 Å². The van der Waals surface area contributed by atoms with E-state index in [1.54, 1.807) is 18.1 Å². The molecule has 2 N–H and O–H groups in total. The van der Waals surface area contributed by atoms with E-state index in [1.165, 1.54) is 24.8 Å². The molecule has 0 aromatic carbocycles. The number of pyridine rings is 2. The van der Waals surface area contributed by atoms with E-state index in [-0.39, 0.29) is 11.9 Å². The number of methoxy groups -OCH3 is 1. The first kappa shape index (κ1) is 28.0. The van der Waals surface area contributed by atoms with E-state index in [0.29, 0.717) is 60.2 Å². The van der Waals surface area contributed by atoms with Gasteiger partial charge in [0.05, 0.1) is 31.5 Å². The van der Waals surface area contributed by atoms with Crippen LogP contribution in [0.4, 0.5) is 22.1 Å². The van der Waals surface area contributed by atoms with Crippen molar-refractivity contribution in [3.63, 3.8) is 0 Å². The molecular weight excluding hydrogens is 528 g/mol. The molecule has 2 aromatic heterocycles. The van der Waals surface area contributed by atoms with Gasteiger partial charge >= 0.3 is 6.03 Å². The zero-order valence-corrected chi connectivity index (χ0v) is 23.9. The van der Waals surface area contributed by atoms with E-state index in [9.17, 15) is 14.9 Å². The van der Waals surface area contributed by atoms with Crippen LogP contribution >= 0.6 is 11.8 Å². The summed E-state index contributed by atoms with van der Waals surface area (Å²) >= 11 is 1.96. The van der Waals surface area contributed by atoms with Crippen LogP contribution in [0.5, 0.6) is 5.88 Å². The molecule has 40 heavy (non-hydrogen) atoms. The highest BCUT2D eigenvalue weighted by Gasteiger charge is 2.29. The zero-order valence-electron chi connectivity index (χ0n) is 23.1. The normalized spacial score (nSPS) is 19.5. The number of rotatable bonds is 7. The summed E-state index contributed by atoms with van der Waals surface area (Å²) in [6, 6.07) is 5.58. The summed E-state index contributed by atoms with van der Waals surface area (Å²) in [5.41, 5.74) is 2.89. The van der Waals surface area contributed by atoms with Crippen molar-refractivity contribution < 1.29 is 14.3 Å². The summed E-state index contributed by atoms with van der Waals surface area (Å²) in [5.74, 6) is 2.58. The van der Waals surface area contributed by atoms with Gasteiger partial charge in [0.1, 0.15) is 17.7 Å². The molecule has 1 atom stereocenters. The van der Waals surface area contributed by atoms with Gasteiger partial charge in [0.15, 0.2) is 0 Å². The van der Waals surface area contributed by atoms with Gasteiger partial charge in [-0.15, -0.1) is 0 Å². The van der Waals surface area contributed by atoms with Crippen LogP contribution in [-0.4, -0.2) is 89.6 Å². The van der Waals surface area contributed by atoms with Crippen molar-refractivity contribution >= 4 is 41.0 Å². The molecule has 0 bridgehead atoms. The Labute approximate surface area is 239 Å². The largest absolute Gasteiger partial charge is 0.481 e. The summed E-state index contributed by atoms with van der Waals surface area (Å²) in [4.78, 5) is 40.4. The average Bonchev–Trinajstić information content (AvgIpc) is 2.97. The van der Waals surface area contributed by atoms with E-state index in [4.69, 9.17) is 9.72 Å². The number of nitrogens with zero attached hydrogens (tertiary/aromatic N) is 6. The van der Waals surface area contributed by atoms with Gasteiger partial charge in [0, 0.05) is 49.3 Å². The van der Waals surface area contributed by atoms with Gasteiger partial charge in [0.2, 0.25) is 11.8 Å². The van der Waals surface area contributed by atoms with Crippen molar-refractivity contribution in [3.05, 3.63) is 35.0 Å². The van der Waals surface area contributed by atoms with Gasteiger partial charge < -0.3 is 15.0 Å². The predicted molar refractivity (Wildman–Crippen MR) is 156 cm³/mol. The summed E-state index contributed by atoms with van der Waals surface area (Å²) in [5, 5.41) is 16.4. The number of thioether (sulfide) groups is 1. The number of amides is 3. The molecule has 0 radical (unpaired) electrons. The first-order valence-corrected chi connectivity index (χ1v) is 14.9. The number of piperazine rings is 1. The average molecular weight is 565 g/mol. The molecule has 212 valence electrons. The van der Waals surface area contributed by atoms with E-state index in [0.717, 1.165) is 43.5 Å². The number of fused-ring (bicyclic) bond motifs is 1. The van der Waals surface area contributed by atoms with E-state index in [2.05, 4.69) is 21.7 Å². The Balaban J connectivity index is 1.30. The maximum absolute atomic E-state index is 13.4. The fourth-order valence-corrected chi connectivity index (χ4v) is 6.58. The Bertz CT molecular complexity index is 1290. The molecule has 0 spiro atoms. The van der Waals surface area contributed by atoms with Gasteiger partial charge in [-0.05, 0) is 50.1 Å². The minimum Gasteiger partial charge on any atom is -0.481 e. The number of likely N-dealkylation sites (N-methyl/N-ethyl adjacent to an activating group) is 1. The molecule has 5 heterocycles. The Hall–Kier alpha value is -3.56. The van der Waals surface area contributed by atoms with Crippen molar-refractivity contribution in [2.24, 2.45) is 0 Å². The molecular formula is C28H36N8O3S. The highest BCUT2D eigenvalue weighted by Crippen LogP contribution is 2.32. The topological polar surface area (TPSA) is 127 Å². The van der Waals surface area contributed by atoms with E-state index >= 15 is 0 Å². The van der Waals surface area contributed by atoms with E-state index in [1.807, 2.05) is 34.7 Å². The fraction of sp³-hybridized carbons (Fsp3) is 0.536. The number of hydrogen-bond donors (Lipinski definition) is 2. The minimum atomic E-state index is -0.344. The Kier molecular flexibility index (Phi) is 8.91. The van der Waals surface area contributed by atoms with Crippen LogP contribution in [0.3, 0.4) is 0 Å². The minimum absolute atomic E-state index is 0.0794. The van der Waals surface area contributed by atoms with Crippen molar-refractivity contribution in [1.29, 1.82) is 5.26 Å². The highest BCUT2D eigenvalue weighted by atomic mass is 32.2. The third-order valence-electron chi connectivity index (χ3n) is 7.56. The Morgan fingerprint density at radius 1 is 1.25 bits per heavy atom. The van der Waals surface area contributed by atoms with Crippen molar-refractivity contribution in [1.82, 2.24) is 19.8 Å². The lowest BCUT2D eigenvalue weighted by Gasteiger charge is -2.33. The van der Waals surface area contributed by atoms with Gasteiger partial charge in [-0.2, -0.15) is 22.0 Å². The smallest absolute Gasteiger partial charge is 0.328 e. The van der Waals surface area contributed by atoms with Gasteiger partial charge in [-0.25, -0.2) is 9.78 Å². The van der Waals surface area contributed by atoms with E-state index < -0.39 is 0 Å². The lowest BCUT2D eigenvalue weighted by atomic mass is 10.0. The van der Waals surface area contributed by atoms with Crippen LogP contribution in [0.15, 0.2) is 18.3 Å². The SMILES string of the molecule is COc1nc2c(cc1CN1CCN(C)CC1=O)CCCN2C(=O)Nc1cc(NCC2CCCCS2)c(C#N)cn1. The number of hydrogen-bond acceptors (Lipinski definition) is 9. The molecule has 0 aliphatic carbocycles. The number of anilines is 3. The Morgan fingerprint density at radius 3 is 2.88 bits per heavy atom. The summed E-state index contributed by atoms with van der Waals surface area (Å²) in [6.07, 6.45) is 6.70. The number of carbonyl (C=O) groups excluding carboxylic acids is 2. The first-order chi connectivity index (χ1) is 19.4. The monoisotopic (exact) mass is 564 g/mol. The molecule has 12 heteroatoms. The Morgan fingerprint density at radius 2 is 2.12 bits per heavy atom. The number of nitrogens with one attached hydrogen (secondary N) is 2. The second kappa shape index (κ2) is 12.7. The third-order valence-corrected chi connectivity index (χ3v) is 8.96. The molecule has 3 aliphatic heterocycles. The van der Waals surface area contributed by atoms with Crippen molar-refractivity contribution in [2.45, 2.75) is 43.9 Å². The van der Waals surface area contributed by atoms with Crippen LogP contribution in [0.1, 0.15) is 42.4 Å². The van der Waals surface area contributed by atoms with Gasteiger partial charge in [0.25, 0.3) is 0 Å². The van der Waals surface area contributed by atoms with Crippen molar-refractivity contribution in [2.75, 3.05) is 68.2 Å². The van der Waals surface area contributed by atoms with Crippen LogP contribution in [0.2, 0.25) is 0 Å². The highest BCUT2D eigenvalue weighted by molar-refractivity contribution is 7.99. The van der Waals surface area contributed by atoms with Gasteiger partial charge in [-0.1, -0.05) is 6.42 Å². The first-order valence-electron chi connectivity index (χ1n) is 13.8. The van der Waals surface area contributed by atoms with Crippen LogP contribution in [-0.2, 0) is 17.8 Å². The van der Waals surface area contributed by atoms with Crippen LogP contribution in [0, 0.1) is 11.3 Å². The maximum Gasteiger partial charge on any atom is 0.328 e. The molecule has 3 amide bonds. The third kappa shape index (κ3) is 6.42. The molecule has 5 rings (SSSR count). The molecule has 2 saturated heterocycles. The standard InChI is InChI=1S/C28H36N8O3S/c1-34-9-10-35(25(37)18-34)17-20-12-19-6-5-8-36(26(19)33-27(20)39-2)28(38)32-24-13-23(21(14-29)15-31-24)30-16-22-7-3-4-11-40-22/h12-13,15,22H,3-11,16-18H2,1-2H3,(H2,30,31,32,38). The van der Waals surface area contributed by atoms with Crippen LogP contribution < -0.4 is 20.3 Å². The number of nitriles is 1. The van der Waals surface area contributed by atoms with Crippen molar-refractivity contribution in [3.8, 4) is 11.9 Å². The lowest BCUT2D eigenvalue weighted by molar-refractivity contribution is -0.136. The molecule has 2 aromatic rings. The molecule has 0 saturated carbocycles. The molecule has 1 unspecified atom stereocenters. The number of urea groups is 1. The van der Waals surface area contributed by atoms with Crippen LogP contribution in [0.25, 0.3) is 0 Å². The zero-order chi connectivity index (χ0) is 28.1. The second-order valence-electron chi connectivity index (χ2n) is 10.5. The quantitative estimate of drug-likeness (QED) is 0.521. The second-order valence-corrected chi connectivity index (χ2v) is 11.9. The fourth-order valence-electron chi connectivity index (χ4n) is 5.34. The summed E-state index contributed by atoms with van der Waals surface area (Å²) in [7, 11) is 3.50. The summed E-state index contributed by atoms with van der Waals surface area (Å²) < 4.78 is 5.60.